The molecule has 0 bridgehead atoms. The summed E-state index contributed by atoms with van der Waals surface area (Å²) in [5, 5.41) is 2.54. The molecule has 0 aliphatic carbocycles. The summed E-state index contributed by atoms with van der Waals surface area (Å²) in [4.78, 5) is 11.5. The predicted molar refractivity (Wildman–Crippen MR) is 67.3 cm³/mol. The lowest BCUT2D eigenvalue weighted by Crippen LogP contribution is -2.30. The number of sulfone groups is 1. The number of para-hydroxylation sites is 1. The number of amides is 1. The van der Waals surface area contributed by atoms with E-state index in [0.29, 0.717) is 5.69 Å². The molecule has 0 spiro atoms. The number of carbonyl (C=O) groups is 1. The zero-order valence-electron chi connectivity index (χ0n) is 9.64. The van der Waals surface area contributed by atoms with Crippen LogP contribution in [0.15, 0.2) is 24.3 Å². The molecule has 94 valence electrons. The van der Waals surface area contributed by atoms with E-state index < -0.39 is 9.84 Å². The molecule has 3 N–H and O–H groups in total. The van der Waals surface area contributed by atoms with Gasteiger partial charge in [-0.3, -0.25) is 4.79 Å². The van der Waals surface area contributed by atoms with Gasteiger partial charge in [0.15, 0.2) is 0 Å². The molecule has 1 amide bonds. The maximum Gasteiger partial charge on any atom is 0.224 e. The number of hydrogen-bond acceptors (Lipinski definition) is 4. The average molecular weight is 256 g/mol. The third kappa shape index (κ3) is 5.35. The van der Waals surface area contributed by atoms with Crippen LogP contribution in [0.3, 0.4) is 0 Å². The van der Waals surface area contributed by atoms with E-state index in [1.807, 2.05) is 0 Å². The van der Waals surface area contributed by atoms with Gasteiger partial charge in [0.1, 0.15) is 9.84 Å². The van der Waals surface area contributed by atoms with E-state index in [1.54, 1.807) is 24.3 Å². The molecular weight excluding hydrogens is 240 g/mol. The first-order valence-electron chi connectivity index (χ1n) is 5.16. The summed E-state index contributed by atoms with van der Waals surface area (Å²) in [7, 11) is -3.04. The highest BCUT2D eigenvalue weighted by Gasteiger charge is 2.07. The van der Waals surface area contributed by atoms with E-state index in [4.69, 9.17) is 5.73 Å². The highest BCUT2D eigenvalue weighted by atomic mass is 32.2. The second-order valence-corrected chi connectivity index (χ2v) is 6.12. The van der Waals surface area contributed by atoms with Gasteiger partial charge in [0.25, 0.3) is 0 Å². The Morgan fingerprint density at radius 2 is 2.00 bits per heavy atom. The van der Waals surface area contributed by atoms with Gasteiger partial charge in [0, 0.05) is 18.5 Å². The van der Waals surface area contributed by atoms with E-state index in [9.17, 15) is 13.2 Å². The Labute approximate surface area is 101 Å². The van der Waals surface area contributed by atoms with Crippen LogP contribution in [0.4, 0.5) is 5.69 Å². The lowest BCUT2D eigenvalue weighted by molar-refractivity contribution is -0.120. The van der Waals surface area contributed by atoms with Crippen molar-refractivity contribution in [3.8, 4) is 0 Å². The van der Waals surface area contributed by atoms with Crippen molar-refractivity contribution in [3.05, 3.63) is 29.8 Å². The van der Waals surface area contributed by atoms with Crippen molar-refractivity contribution < 1.29 is 13.2 Å². The molecule has 0 saturated carbocycles. The second-order valence-electron chi connectivity index (χ2n) is 3.86. The van der Waals surface area contributed by atoms with Crippen molar-refractivity contribution in [3.63, 3.8) is 0 Å². The summed E-state index contributed by atoms with van der Waals surface area (Å²) >= 11 is 0. The van der Waals surface area contributed by atoms with E-state index in [0.717, 1.165) is 11.8 Å². The van der Waals surface area contributed by atoms with Crippen molar-refractivity contribution in [2.45, 2.75) is 6.42 Å². The first kappa shape index (κ1) is 13.5. The number of nitrogens with two attached hydrogens (primary N) is 1. The zero-order chi connectivity index (χ0) is 12.9. The molecule has 0 atom stereocenters. The number of anilines is 1. The largest absolute Gasteiger partial charge is 0.398 e. The van der Waals surface area contributed by atoms with E-state index in [2.05, 4.69) is 5.32 Å². The van der Waals surface area contributed by atoms with E-state index >= 15 is 0 Å². The second kappa shape index (κ2) is 5.67. The molecule has 1 aromatic carbocycles. The topological polar surface area (TPSA) is 89.3 Å². The van der Waals surface area contributed by atoms with Gasteiger partial charge in [0.2, 0.25) is 5.91 Å². The Bertz CT molecular complexity index is 497. The quantitative estimate of drug-likeness (QED) is 0.724. The molecule has 0 saturated heterocycles. The maximum absolute atomic E-state index is 11.5. The lowest BCUT2D eigenvalue weighted by atomic mass is 10.1. The third-order valence-electron chi connectivity index (χ3n) is 2.20. The standard InChI is InChI=1S/C11H16N2O3S/c1-17(15,16)7-6-13-11(14)8-9-4-2-3-5-10(9)12/h2-5H,6-8,12H2,1H3,(H,13,14). The Kier molecular flexibility index (Phi) is 4.51. The molecule has 5 nitrogen and oxygen atoms in total. The number of hydrogen-bond donors (Lipinski definition) is 2. The molecule has 1 rings (SSSR count). The molecule has 0 radical (unpaired) electrons. The van der Waals surface area contributed by atoms with Gasteiger partial charge in [-0.2, -0.15) is 0 Å². The van der Waals surface area contributed by atoms with Crippen LogP contribution in [0.2, 0.25) is 0 Å². The van der Waals surface area contributed by atoms with Crippen LogP contribution in [0.5, 0.6) is 0 Å². The highest BCUT2D eigenvalue weighted by Crippen LogP contribution is 2.10. The molecule has 1 aromatic rings. The monoisotopic (exact) mass is 256 g/mol. The molecule has 0 fully saturated rings. The Hall–Kier alpha value is -1.56. The number of nitrogens with one attached hydrogen (secondary N) is 1. The third-order valence-corrected chi connectivity index (χ3v) is 3.15. The van der Waals surface area contributed by atoms with Crippen LogP contribution in [-0.4, -0.2) is 32.9 Å². The highest BCUT2D eigenvalue weighted by molar-refractivity contribution is 7.90. The summed E-state index contributed by atoms with van der Waals surface area (Å²) < 4.78 is 21.7. The van der Waals surface area contributed by atoms with Crippen LogP contribution in [0.1, 0.15) is 5.56 Å². The van der Waals surface area contributed by atoms with Crippen molar-refractivity contribution in [2.75, 3.05) is 24.3 Å². The van der Waals surface area contributed by atoms with Crippen molar-refractivity contribution in [1.82, 2.24) is 5.32 Å². The first-order chi connectivity index (χ1) is 7.88. The van der Waals surface area contributed by atoms with Crippen molar-refractivity contribution in [1.29, 1.82) is 0 Å². The fourth-order valence-corrected chi connectivity index (χ4v) is 1.78. The molecule has 0 unspecified atom stereocenters. The molecule has 0 aliphatic rings. The minimum atomic E-state index is -3.04. The van der Waals surface area contributed by atoms with Gasteiger partial charge in [0.05, 0.1) is 12.2 Å². The van der Waals surface area contributed by atoms with Crippen LogP contribution in [0.25, 0.3) is 0 Å². The van der Waals surface area contributed by atoms with Gasteiger partial charge in [-0.05, 0) is 11.6 Å². The van der Waals surface area contributed by atoms with Crippen LogP contribution in [0, 0.1) is 0 Å². The summed E-state index contributed by atoms with van der Waals surface area (Å²) in [6.07, 6.45) is 1.30. The average Bonchev–Trinajstić information content (AvgIpc) is 2.19. The minimum absolute atomic E-state index is 0.0526. The fraction of sp³-hybridized carbons (Fsp3) is 0.364. The Balaban J connectivity index is 2.43. The van der Waals surface area contributed by atoms with Gasteiger partial charge >= 0.3 is 0 Å². The number of carbonyl (C=O) groups excluding carboxylic acids is 1. The van der Waals surface area contributed by atoms with Crippen molar-refractivity contribution >= 4 is 21.4 Å². The number of nitrogen functional groups attached to an aromatic ring is 1. The SMILES string of the molecule is CS(=O)(=O)CCNC(=O)Cc1ccccc1N. The number of benzene rings is 1. The van der Waals surface area contributed by atoms with Gasteiger partial charge in [-0.1, -0.05) is 18.2 Å². The summed E-state index contributed by atoms with van der Waals surface area (Å²) in [6, 6.07) is 7.08. The molecule has 0 aliphatic heterocycles. The summed E-state index contributed by atoms with van der Waals surface area (Å²) in [5.74, 6) is -0.283. The number of rotatable bonds is 5. The molecular formula is C11H16N2O3S. The summed E-state index contributed by atoms with van der Waals surface area (Å²) in [5.41, 5.74) is 6.99. The fourth-order valence-electron chi connectivity index (χ4n) is 1.31. The summed E-state index contributed by atoms with van der Waals surface area (Å²) in [6.45, 7) is 0.129. The molecule has 0 heterocycles. The smallest absolute Gasteiger partial charge is 0.224 e. The van der Waals surface area contributed by atoms with Crippen molar-refractivity contribution in [2.24, 2.45) is 0 Å². The molecule has 6 heteroatoms. The normalized spacial score (nSPS) is 11.1. The molecule has 17 heavy (non-hydrogen) atoms. The lowest BCUT2D eigenvalue weighted by Gasteiger charge is -2.06. The van der Waals surface area contributed by atoms with E-state index in [-0.39, 0.29) is 24.6 Å². The van der Waals surface area contributed by atoms with Gasteiger partial charge in [-0.15, -0.1) is 0 Å². The van der Waals surface area contributed by atoms with Crippen LogP contribution < -0.4 is 11.1 Å². The Morgan fingerprint density at radius 3 is 2.59 bits per heavy atom. The van der Waals surface area contributed by atoms with Gasteiger partial charge in [-0.25, -0.2) is 8.42 Å². The minimum Gasteiger partial charge on any atom is -0.398 e. The van der Waals surface area contributed by atoms with Gasteiger partial charge < -0.3 is 11.1 Å². The zero-order valence-corrected chi connectivity index (χ0v) is 10.5. The van der Waals surface area contributed by atoms with E-state index in [1.165, 1.54) is 0 Å². The van der Waals surface area contributed by atoms with Crippen LogP contribution >= 0.6 is 0 Å². The molecule has 0 aromatic heterocycles. The Morgan fingerprint density at radius 1 is 1.35 bits per heavy atom. The predicted octanol–water partition coefficient (Wildman–Crippen LogP) is -0.0279. The van der Waals surface area contributed by atoms with Crippen LogP contribution in [-0.2, 0) is 21.1 Å². The maximum atomic E-state index is 11.5. The first-order valence-corrected chi connectivity index (χ1v) is 7.22.